The van der Waals surface area contributed by atoms with E-state index in [1.54, 1.807) is 18.2 Å². The molecule has 0 amide bonds. The lowest BCUT2D eigenvalue weighted by Gasteiger charge is -2.10. The summed E-state index contributed by atoms with van der Waals surface area (Å²) in [5.41, 5.74) is 2.23. The van der Waals surface area contributed by atoms with E-state index >= 15 is 0 Å². The van der Waals surface area contributed by atoms with Crippen molar-refractivity contribution in [2.75, 3.05) is 0 Å². The summed E-state index contributed by atoms with van der Waals surface area (Å²) in [5, 5.41) is 26.6. The standard InChI is InChI=1S/C18H10IN3O/c19-17-8-13(7-14(9-20)10-21)5-6-18(17)23-12-16-4-2-1-3-15(16)11-22/h1-8H,12H2. The van der Waals surface area contributed by atoms with Crippen molar-refractivity contribution in [3.63, 3.8) is 0 Å². The lowest BCUT2D eigenvalue weighted by Crippen LogP contribution is -1.99. The third-order valence-electron chi connectivity index (χ3n) is 3.03. The highest BCUT2D eigenvalue weighted by Gasteiger charge is 2.06. The second-order valence-corrected chi connectivity index (χ2v) is 5.69. The van der Waals surface area contributed by atoms with Gasteiger partial charge in [0.25, 0.3) is 0 Å². The Morgan fingerprint density at radius 1 is 1.09 bits per heavy atom. The van der Waals surface area contributed by atoms with Crippen molar-refractivity contribution in [2.24, 2.45) is 0 Å². The highest BCUT2D eigenvalue weighted by atomic mass is 127. The minimum atomic E-state index is 0.0532. The van der Waals surface area contributed by atoms with Crippen molar-refractivity contribution in [3.05, 3.63) is 68.3 Å². The predicted molar refractivity (Wildman–Crippen MR) is 93.9 cm³/mol. The molecule has 0 bridgehead atoms. The topological polar surface area (TPSA) is 80.6 Å². The maximum absolute atomic E-state index is 9.07. The molecule has 2 aromatic carbocycles. The van der Waals surface area contributed by atoms with Gasteiger partial charge in [-0.15, -0.1) is 0 Å². The summed E-state index contributed by atoms with van der Waals surface area (Å²) < 4.78 is 6.63. The highest BCUT2D eigenvalue weighted by Crippen LogP contribution is 2.24. The zero-order chi connectivity index (χ0) is 16.7. The second-order valence-electron chi connectivity index (χ2n) is 4.53. The van der Waals surface area contributed by atoms with Crippen LogP contribution in [0.25, 0.3) is 6.08 Å². The first-order valence-electron chi connectivity index (χ1n) is 6.60. The zero-order valence-electron chi connectivity index (χ0n) is 12.0. The second kappa shape index (κ2) is 7.98. The first kappa shape index (κ1) is 16.5. The van der Waals surface area contributed by atoms with E-state index in [0.29, 0.717) is 17.9 Å². The van der Waals surface area contributed by atoms with Crippen LogP contribution in [0.4, 0.5) is 0 Å². The number of halogens is 1. The fourth-order valence-corrected chi connectivity index (χ4v) is 2.59. The number of benzene rings is 2. The minimum Gasteiger partial charge on any atom is -0.488 e. The van der Waals surface area contributed by atoms with Gasteiger partial charge in [0.1, 0.15) is 30.1 Å². The van der Waals surface area contributed by atoms with Gasteiger partial charge in [0.15, 0.2) is 0 Å². The zero-order valence-corrected chi connectivity index (χ0v) is 14.1. The van der Waals surface area contributed by atoms with Crippen molar-refractivity contribution in [1.29, 1.82) is 15.8 Å². The van der Waals surface area contributed by atoms with Gasteiger partial charge < -0.3 is 4.74 Å². The van der Waals surface area contributed by atoms with Crippen molar-refractivity contribution in [3.8, 4) is 24.0 Å². The maximum Gasteiger partial charge on any atom is 0.133 e. The summed E-state index contributed by atoms with van der Waals surface area (Å²) in [7, 11) is 0. The number of nitriles is 3. The molecular weight excluding hydrogens is 401 g/mol. The van der Waals surface area contributed by atoms with Gasteiger partial charge in [0.2, 0.25) is 0 Å². The lowest BCUT2D eigenvalue weighted by molar-refractivity contribution is 0.303. The average molecular weight is 411 g/mol. The lowest BCUT2D eigenvalue weighted by atomic mass is 10.1. The molecule has 0 fully saturated rings. The molecule has 0 saturated carbocycles. The van der Waals surface area contributed by atoms with E-state index in [9.17, 15) is 0 Å². The molecule has 0 aliphatic heterocycles. The molecule has 0 N–H and O–H groups in total. The molecule has 110 valence electrons. The van der Waals surface area contributed by atoms with Gasteiger partial charge in [0, 0.05) is 5.56 Å². The van der Waals surface area contributed by atoms with Crippen molar-refractivity contribution >= 4 is 28.7 Å². The number of rotatable bonds is 4. The molecule has 23 heavy (non-hydrogen) atoms. The monoisotopic (exact) mass is 411 g/mol. The Morgan fingerprint density at radius 2 is 1.83 bits per heavy atom. The molecule has 0 unspecified atom stereocenters. The predicted octanol–water partition coefficient (Wildman–Crippen LogP) is 4.17. The number of nitrogens with zero attached hydrogens (tertiary/aromatic N) is 3. The molecule has 0 aliphatic carbocycles. The number of hydrogen-bond donors (Lipinski definition) is 0. The summed E-state index contributed by atoms with van der Waals surface area (Å²) in [6, 6.07) is 18.5. The maximum atomic E-state index is 9.07. The van der Waals surface area contributed by atoms with E-state index in [-0.39, 0.29) is 5.57 Å². The SMILES string of the molecule is N#CC(C#N)=Cc1ccc(OCc2ccccc2C#N)c(I)c1. The normalized spacial score (nSPS) is 9.13. The van der Waals surface area contributed by atoms with Gasteiger partial charge in [-0.05, 0) is 52.4 Å². The van der Waals surface area contributed by atoms with E-state index < -0.39 is 0 Å². The largest absolute Gasteiger partial charge is 0.488 e. The van der Waals surface area contributed by atoms with Crippen LogP contribution in [0.15, 0.2) is 48.0 Å². The Bertz CT molecular complexity index is 866. The van der Waals surface area contributed by atoms with Gasteiger partial charge in [-0.25, -0.2) is 0 Å². The van der Waals surface area contributed by atoms with E-state index in [1.807, 2.05) is 36.4 Å². The number of hydrogen-bond acceptors (Lipinski definition) is 4. The summed E-state index contributed by atoms with van der Waals surface area (Å²) >= 11 is 2.13. The van der Waals surface area contributed by atoms with E-state index in [4.69, 9.17) is 20.5 Å². The Kier molecular flexibility index (Phi) is 5.74. The summed E-state index contributed by atoms with van der Waals surface area (Å²) in [6.45, 7) is 0.302. The fourth-order valence-electron chi connectivity index (χ4n) is 1.89. The first-order valence-corrected chi connectivity index (χ1v) is 7.68. The third kappa shape index (κ3) is 4.32. The quantitative estimate of drug-likeness (QED) is 0.559. The van der Waals surface area contributed by atoms with Gasteiger partial charge in [0.05, 0.1) is 15.2 Å². The summed E-state index contributed by atoms with van der Waals surface area (Å²) in [6.07, 6.45) is 1.52. The van der Waals surface area contributed by atoms with Crippen LogP contribution in [0, 0.1) is 37.6 Å². The average Bonchev–Trinajstić information content (AvgIpc) is 2.59. The smallest absolute Gasteiger partial charge is 0.133 e. The Labute approximate surface area is 148 Å². The Balaban J connectivity index is 2.17. The first-order chi connectivity index (χ1) is 11.2. The van der Waals surface area contributed by atoms with Crippen LogP contribution in [-0.2, 0) is 6.61 Å². The molecule has 0 heterocycles. The number of allylic oxidation sites excluding steroid dienone is 1. The Morgan fingerprint density at radius 3 is 2.48 bits per heavy atom. The minimum absolute atomic E-state index is 0.0532. The van der Waals surface area contributed by atoms with Gasteiger partial charge in [-0.2, -0.15) is 15.8 Å². The van der Waals surface area contributed by atoms with Gasteiger partial charge >= 0.3 is 0 Å². The van der Waals surface area contributed by atoms with Crippen LogP contribution in [0.1, 0.15) is 16.7 Å². The van der Waals surface area contributed by atoms with Crippen LogP contribution >= 0.6 is 22.6 Å². The van der Waals surface area contributed by atoms with Crippen LogP contribution in [0.2, 0.25) is 0 Å². The van der Waals surface area contributed by atoms with Crippen LogP contribution < -0.4 is 4.74 Å². The van der Waals surface area contributed by atoms with E-state index in [1.165, 1.54) is 6.08 Å². The van der Waals surface area contributed by atoms with E-state index in [0.717, 1.165) is 14.7 Å². The molecule has 0 spiro atoms. The highest BCUT2D eigenvalue weighted by molar-refractivity contribution is 14.1. The molecule has 0 atom stereocenters. The van der Waals surface area contributed by atoms with E-state index in [2.05, 4.69) is 28.7 Å². The number of ether oxygens (including phenoxy) is 1. The van der Waals surface area contributed by atoms with Crippen molar-refractivity contribution in [1.82, 2.24) is 0 Å². The molecule has 0 saturated heterocycles. The fraction of sp³-hybridized carbons (Fsp3) is 0.0556. The molecule has 0 aliphatic rings. The van der Waals surface area contributed by atoms with Gasteiger partial charge in [-0.1, -0.05) is 24.3 Å². The van der Waals surface area contributed by atoms with Crippen LogP contribution in [0.3, 0.4) is 0 Å². The molecule has 5 heteroatoms. The summed E-state index contributed by atoms with van der Waals surface area (Å²) in [4.78, 5) is 0. The third-order valence-corrected chi connectivity index (χ3v) is 3.87. The molecular formula is C18H10IN3O. The summed E-state index contributed by atoms with van der Waals surface area (Å²) in [5.74, 6) is 0.686. The Hall–Kier alpha value is -2.82. The van der Waals surface area contributed by atoms with Crippen LogP contribution in [-0.4, -0.2) is 0 Å². The van der Waals surface area contributed by atoms with Crippen molar-refractivity contribution < 1.29 is 4.74 Å². The molecule has 0 radical (unpaired) electrons. The van der Waals surface area contributed by atoms with Crippen LogP contribution in [0.5, 0.6) is 5.75 Å². The molecule has 0 aromatic heterocycles. The van der Waals surface area contributed by atoms with Crippen molar-refractivity contribution in [2.45, 2.75) is 6.61 Å². The molecule has 2 aromatic rings. The molecule has 2 rings (SSSR count). The molecule has 4 nitrogen and oxygen atoms in total. The van der Waals surface area contributed by atoms with Gasteiger partial charge in [-0.3, -0.25) is 0 Å².